The summed E-state index contributed by atoms with van der Waals surface area (Å²) in [5, 5.41) is 9.10. The molecule has 2 aliphatic carbocycles. The summed E-state index contributed by atoms with van der Waals surface area (Å²) in [4.78, 5) is 5.10. The van der Waals surface area contributed by atoms with Crippen LogP contribution in [0.25, 0.3) is 83.1 Å². The molecule has 2 aromatic heterocycles. The van der Waals surface area contributed by atoms with Crippen molar-refractivity contribution in [3.8, 4) is 39.4 Å². The lowest BCUT2D eigenvalue weighted by atomic mass is 9.58. The van der Waals surface area contributed by atoms with Crippen LogP contribution in [0, 0.1) is 0 Å². The highest BCUT2D eigenvalue weighted by Gasteiger charge is 2.40. The molecule has 0 amide bonds. The fraction of sp³-hybridized carbons (Fsp3) is 0.254. The van der Waals surface area contributed by atoms with Crippen molar-refractivity contribution in [2.45, 2.75) is 103 Å². The molecule has 0 spiro atoms. The third-order valence-electron chi connectivity index (χ3n) is 16.5. The molecule has 0 atom stereocenters. The zero-order valence-electron chi connectivity index (χ0n) is 40.6. The van der Waals surface area contributed by atoms with Crippen LogP contribution in [0.3, 0.4) is 0 Å². The van der Waals surface area contributed by atoms with Crippen molar-refractivity contribution in [1.82, 2.24) is 9.55 Å². The number of benzene rings is 8. The van der Waals surface area contributed by atoms with Gasteiger partial charge in [-0.25, -0.2) is 4.98 Å². The molecule has 0 fully saturated rings. The van der Waals surface area contributed by atoms with Gasteiger partial charge in [0.2, 0.25) is 5.89 Å². The van der Waals surface area contributed by atoms with E-state index in [4.69, 9.17) is 9.40 Å². The molecule has 68 heavy (non-hydrogen) atoms. The van der Waals surface area contributed by atoms with E-state index in [0.717, 1.165) is 52.0 Å². The van der Waals surface area contributed by atoms with E-state index in [0.29, 0.717) is 5.89 Å². The molecule has 4 nitrogen and oxygen atoms in total. The SMILES string of the molecule is CC1(C)CCC(C)(C)c2cc(Nc3cc4c(cc3-c3cc(-c5ccccc5)c5c6cc7ccccc7cc6n6c5c3[B]c3cc5nc(-c7ccccc7)oc5cc3-6)C(C)(C)CCC4(C)C)ccc21. The first-order chi connectivity index (χ1) is 32.6. The van der Waals surface area contributed by atoms with E-state index in [1.54, 1.807) is 0 Å². The largest absolute Gasteiger partial charge is 0.436 e. The number of fused-ring (bicyclic) bond motifs is 9. The van der Waals surface area contributed by atoms with E-state index in [9.17, 15) is 0 Å². The maximum Gasteiger partial charge on any atom is 0.227 e. The highest BCUT2D eigenvalue weighted by atomic mass is 16.3. The van der Waals surface area contributed by atoms with Crippen LogP contribution in [-0.2, 0) is 21.7 Å². The maximum absolute atomic E-state index is 6.62. The molecular weight excluding hydrogens is 826 g/mol. The zero-order valence-corrected chi connectivity index (χ0v) is 40.6. The van der Waals surface area contributed by atoms with Crippen molar-refractivity contribution in [2.75, 3.05) is 5.32 Å². The van der Waals surface area contributed by atoms with Gasteiger partial charge in [-0.3, -0.25) is 0 Å². The Morgan fingerprint density at radius 3 is 1.84 bits per heavy atom. The van der Waals surface area contributed by atoms with E-state index in [2.05, 4.69) is 200 Å². The minimum atomic E-state index is 0.00346. The van der Waals surface area contributed by atoms with Crippen LogP contribution in [0.5, 0.6) is 0 Å². The summed E-state index contributed by atoms with van der Waals surface area (Å²) in [5.41, 5.74) is 21.6. The molecule has 1 aliphatic heterocycles. The Bertz CT molecular complexity index is 3740. The van der Waals surface area contributed by atoms with Gasteiger partial charge >= 0.3 is 0 Å². The zero-order chi connectivity index (χ0) is 46.5. The maximum atomic E-state index is 6.62. The van der Waals surface area contributed by atoms with Crippen molar-refractivity contribution in [3.05, 3.63) is 168 Å². The average molecular weight is 883 g/mol. The second kappa shape index (κ2) is 14.3. The molecule has 8 aromatic carbocycles. The molecule has 0 unspecified atom stereocenters. The van der Waals surface area contributed by atoms with Crippen LogP contribution in [0.1, 0.15) is 103 Å². The molecule has 3 heterocycles. The van der Waals surface area contributed by atoms with Gasteiger partial charge in [0.25, 0.3) is 0 Å². The number of oxazole rings is 1. The third kappa shape index (κ3) is 6.23. The Kier molecular flexibility index (Phi) is 8.72. The molecule has 0 bridgehead atoms. The van der Waals surface area contributed by atoms with Crippen LogP contribution in [-0.4, -0.2) is 16.8 Å². The topological polar surface area (TPSA) is 43.0 Å². The summed E-state index contributed by atoms with van der Waals surface area (Å²) in [6.07, 6.45) is 4.64. The Hall–Kier alpha value is -6.85. The van der Waals surface area contributed by atoms with Gasteiger partial charge in [0.05, 0.1) is 5.52 Å². The number of nitrogens with one attached hydrogen (secondary N) is 1. The highest BCUT2D eigenvalue weighted by Crippen LogP contribution is 2.52. The van der Waals surface area contributed by atoms with Gasteiger partial charge in [0.15, 0.2) is 12.9 Å². The second-order valence-electron chi connectivity index (χ2n) is 22.8. The summed E-state index contributed by atoms with van der Waals surface area (Å²) in [6.45, 7) is 19.5. The van der Waals surface area contributed by atoms with Gasteiger partial charge in [-0.15, -0.1) is 0 Å². The summed E-state index contributed by atoms with van der Waals surface area (Å²) in [6, 6.07) is 54.2. The lowest BCUT2D eigenvalue weighted by Gasteiger charge is -2.43. The quantitative estimate of drug-likeness (QED) is 0.175. The number of nitrogens with zero attached hydrogens (tertiary/aromatic N) is 2. The Morgan fingerprint density at radius 2 is 1.15 bits per heavy atom. The van der Waals surface area contributed by atoms with Crippen molar-refractivity contribution in [1.29, 1.82) is 0 Å². The third-order valence-corrected chi connectivity index (χ3v) is 16.5. The first-order valence-electron chi connectivity index (χ1n) is 24.7. The number of hydrogen-bond donors (Lipinski definition) is 1. The normalized spacial score (nSPS) is 17.2. The van der Waals surface area contributed by atoms with E-state index < -0.39 is 0 Å². The van der Waals surface area contributed by atoms with Crippen molar-refractivity contribution in [3.63, 3.8) is 0 Å². The molecule has 13 rings (SSSR count). The van der Waals surface area contributed by atoms with Crippen molar-refractivity contribution in [2.24, 2.45) is 0 Å². The van der Waals surface area contributed by atoms with Gasteiger partial charge in [-0.2, -0.15) is 0 Å². The minimum absolute atomic E-state index is 0.00346. The van der Waals surface area contributed by atoms with Gasteiger partial charge in [0.1, 0.15) is 5.52 Å². The fourth-order valence-corrected chi connectivity index (χ4v) is 12.3. The molecule has 333 valence electrons. The molecule has 3 aliphatic rings. The fourth-order valence-electron chi connectivity index (χ4n) is 12.3. The predicted molar refractivity (Wildman–Crippen MR) is 287 cm³/mol. The predicted octanol–water partition coefficient (Wildman–Crippen LogP) is 15.5. The van der Waals surface area contributed by atoms with Crippen LogP contribution >= 0.6 is 0 Å². The summed E-state index contributed by atoms with van der Waals surface area (Å²) < 4.78 is 9.16. The minimum Gasteiger partial charge on any atom is -0.436 e. The van der Waals surface area contributed by atoms with Gasteiger partial charge in [0, 0.05) is 50.5 Å². The number of anilines is 2. The molecule has 0 saturated carbocycles. The van der Waals surface area contributed by atoms with E-state index in [1.807, 2.05) is 18.2 Å². The smallest absolute Gasteiger partial charge is 0.227 e. The first-order valence-corrected chi connectivity index (χ1v) is 24.7. The number of hydrogen-bond acceptors (Lipinski definition) is 3. The Morgan fingerprint density at radius 1 is 0.544 bits per heavy atom. The molecular formula is C63H57BN3O. The van der Waals surface area contributed by atoms with Crippen LogP contribution < -0.4 is 16.2 Å². The van der Waals surface area contributed by atoms with Crippen LogP contribution in [0.4, 0.5) is 11.4 Å². The van der Waals surface area contributed by atoms with Crippen molar-refractivity contribution < 1.29 is 4.42 Å². The summed E-state index contributed by atoms with van der Waals surface area (Å²) >= 11 is 0. The first kappa shape index (κ1) is 41.4. The Balaban J connectivity index is 1.14. The van der Waals surface area contributed by atoms with Crippen molar-refractivity contribution >= 4 is 73.3 Å². The summed E-state index contributed by atoms with van der Waals surface area (Å²) in [7, 11) is 2.44. The summed E-state index contributed by atoms with van der Waals surface area (Å²) in [5.74, 6) is 0.630. The molecule has 0 saturated heterocycles. The molecule has 10 aromatic rings. The van der Waals surface area contributed by atoms with Crippen LogP contribution in [0.15, 0.2) is 150 Å². The van der Waals surface area contributed by atoms with E-state index in [-0.39, 0.29) is 21.7 Å². The standard InChI is InChI=1S/C63H57BN3O/c1-60(2)25-26-61(3,4)47-31-41(23-24-46(47)60)65-51-34-49-48(62(5,6)27-28-63(49,7)8)33-43(51)44-32-42(37-17-11-9-12-18-37)56-45-29-39-21-15-16-22-40(39)30-53(45)67-54-36-55-52(35-50(54)64-57(44)58(56)67)66-59(68-55)38-19-13-10-14-20-38/h9-24,29-36,65H,25-28H2,1-8H3. The van der Waals surface area contributed by atoms with Gasteiger partial charge in [-0.05, 0) is 163 Å². The second-order valence-corrected chi connectivity index (χ2v) is 22.8. The molecule has 1 N–H and O–H groups in total. The van der Waals surface area contributed by atoms with Gasteiger partial charge in [-0.1, -0.05) is 140 Å². The number of aromatic nitrogens is 2. The Labute approximate surface area is 400 Å². The van der Waals surface area contributed by atoms with E-state index >= 15 is 0 Å². The number of rotatable bonds is 5. The highest BCUT2D eigenvalue weighted by molar-refractivity contribution is 6.74. The van der Waals surface area contributed by atoms with E-state index in [1.165, 1.54) is 95.4 Å². The lowest BCUT2D eigenvalue weighted by Crippen LogP contribution is -2.37. The average Bonchev–Trinajstić information content (AvgIpc) is 3.91. The van der Waals surface area contributed by atoms with Gasteiger partial charge < -0.3 is 14.3 Å². The lowest BCUT2D eigenvalue weighted by molar-refractivity contribution is 0.332. The molecule has 5 heteroatoms. The van der Waals surface area contributed by atoms with Crippen LogP contribution in [0.2, 0.25) is 0 Å². The molecule has 1 radical (unpaired) electrons. The monoisotopic (exact) mass is 882 g/mol.